The summed E-state index contributed by atoms with van der Waals surface area (Å²) in [5.41, 5.74) is 1.82. The van der Waals surface area contributed by atoms with Gasteiger partial charge in [-0.15, -0.1) is 0 Å². The lowest BCUT2D eigenvalue weighted by atomic mass is 9.73. The number of hydrogen-bond donors (Lipinski definition) is 1. The van der Waals surface area contributed by atoms with Crippen molar-refractivity contribution in [1.82, 2.24) is 4.31 Å². The molecule has 6 nitrogen and oxygen atoms in total. The second-order valence-electron chi connectivity index (χ2n) is 8.13. The van der Waals surface area contributed by atoms with Crippen LogP contribution in [-0.4, -0.2) is 49.0 Å². The molecule has 5 rings (SSSR count). The highest BCUT2D eigenvalue weighted by atomic mass is 32.2. The van der Waals surface area contributed by atoms with Gasteiger partial charge in [0.1, 0.15) is 0 Å². The minimum Gasteiger partial charge on any atom is -0.395 e. The van der Waals surface area contributed by atoms with Crippen molar-refractivity contribution in [2.24, 2.45) is 5.92 Å². The molecule has 2 aromatic rings. The van der Waals surface area contributed by atoms with Gasteiger partial charge in [-0.05, 0) is 36.6 Å². The first-order chi connectivity index (χ1) is 14.0. The zero-order chi connectivity index (χ0) is 20.2. The molecule has 1 aliphatic carbocycles. The van der Waals surface area contributed by atoms with Gasteiger partial charge in [-0.1, -0.05) is 42.8 Å². The highest BCUT2D eigenvalue weighted by Crippen LogP contribution is 2.50. The summed E-state index contributed by atoms with van der Waals surface area (Å²) in [7, 11) is -3.76. The van der Waals surface area contributed by atoms with Crippen LogP contribution in [0.5, 0.6) is 0 Å². The number of amides is 1. The van der Waals surface area contributed by atoms with Crippen molar-refractivity contribution < 1.29 is 18.3 Å². The Balaban J connectivity index is 1.55. The number of aliphatic hydroxyl groups excluding tert-OH is 1. The average Bonchev–Trinajstić information content (AvgIpc) is 2.67. The summed E-state index contributed by atoms with van der Waals surface area (Å²) in [5.74, 6) is 0.0132. The molecule has 1 amide bonds. The topological polar surface area (TPSA) is 77.9 Å². The summed E-state index contributed by atoms with van der Waals surface area (Å²) < 4.78 is 28.1. The summed E-state index contributed by atoms with van der Waals surface area (Å²) in [6.07, 6.45) is 2.87. The Morgan fingerprint density at radius 3 is 2.38 bits per heavy atom. The van der Waals surface area contributed by atoms with Crippen molar-refractivity contribution in [3.8, 4) is 0 Å². The number of sulfonamides is 1. The van der Waals surface area contributed by atoms with Gasteiger partial charge in [-0.2, -0.15) is 4.31 Å². The number of rotatable bonds is 4. The third kappa shape index (κ3) is 2.75. The molecule has 3 aliphatic rings. The smallest absolute Gasteiger partial charge is 0.243 e. The Hall–Kier alpha value is -2.22. The zero-order valence-electron chi connectivity index (χ0n) is 16.0. The van der Waals surface area contributed by atoms with E-state index in [1.807, 2.05) is 24.3 Å². The van der Waals surface area contributed by atoms with Crippen molar-refractivity contribution in [2.45, 2.75) is 42.2 Å². The predicted molar refractivity (Wildman–Crippen MR) is 109 cm³/mol. The number of aliphatic hydroxyl groups is 1. The standard InChI is InChI=1S/C22H24N2O4S/c25-14-20-21-17-11-4-5-12-18(17)23(22(26)15-7-6-8-15)13-19(21)24(20)29(27,28)16-9-2-1-3-10-16/h1-5,9-12,15,19-21,25H,6-8,13-14H2/t19-,20+,21+/m1/s1. The van der Waals surface area contributed by atoms with Crippen LogP contribution in [0.4, 0.5) is 5.69 Å². The lowest BCUT2D eigenvalue weighted by molar-refractivity contribution is -0.125. The van der Waals surface area contributed by atoms with Gasteiger partial charge in [-0.25, -0.2) is 8.42 Å². The highest BCUT2D eigenvalue weighted by molar-refractivity contribution is 7.89. The molecule has 2 fully saturated rings. The van der Waals surface area contributed by atoms with Gasteiger partial charge in [0.2, 0.25) is 15.9 Å². The first-order valence-electron chi connectivity index (χ1n) is 10.1. The van der Waals surface area contributed by atoms with Crippen molar-refractivity contribution in [3.63, 3.8) is 0 Å². The van der Waals surface area contributed by atoms with Crippen LogP contribution in [0.1, 0.15) is 30.7 Å². The van der Waals surface area contributed by atoms with Gasteiger partial charge in [0.15, 0.2) is 0 Å². The maximum Gasteiger partial charge on any atom is 0.243 e. The number of nitrogens with zero attached hydrogens (tertiary/aromatic N) is 2. The lowest BCUT2D eigenvalue weighted by Crippen LogP contribution is -2.70. The fourth-order valence-electron chi connectivity index (χ4n) is 4.98. The van der Waals surface area contributed by atoms with E-state index < -0.39 is 16.1 Å². The van der Waals surface area contributed by atoms with Gasteiger partial charge in [-0.3, -0.25) is 4.79 Å². The van der Waals surface area contributed by atoms with Crippen molar-refractivity contribution in [3.05, 3.63) is 60.2 Å². The van der Waals surface area contributed by atoms with Crippen LogP contribution in [-0.2, 0) is 14.8 Å². The summed E-state index contributed by atoms with van der Waals surface area (Å²) >= 11 is 0. The molecule has 7 heteroatoms. The number of hydrogen-bond acceptors (Lipinski definition) is 4. The first kappa shape index (κ1) is 18.8. The Morgan fingerprint density at radius 2 is 1.72 bits per heavy atom. The van der Waals surface area contributed by atoms with Crippen LogP contribution in [0.25, 0.3) is 0 Å². The quantitative estimate of drug-likeness (QED) is 0.836. The maximum atomic E-state index is 13.3. The molecule has 2 heterocycles. The lowest BCUT2D eigenvalue weighted by Gasteiger charge is -2.58. The predicted octanol–water partition coefficient (Wildman–Crippen LogP) is 2.35. The molecule has 1 saturated heterocycles. The average molecular weight is 413 g/mol. The number of para-hydroxylation sites is 1. The van der Waals surface area contributed by atoms with Gasteiger partial charge in [0.25, 0.3) is 0 Å². The summed E-state index contributed by atoms with van der Waals surface area (Å²) in [6, 6.07) is 15.1. The molecule has 2 aromatic carbocycles. The Bertz CT molecular complexity index is 1040. The summed E-state index contributed by atoms with van der Waals surface area (Å²) in [6.45, 7) is 0.0811. The van der Waals surface area contributed by atoms with E-state index in [4.69, 9.17) is 0 Å². The molecule has 0 bridgehead atoms. The molecular weight excluding hydrogens is 388 g/mol. The van der Waals surface area contributed by atoms with Crippen LogP contribution < -0.4 is 4.90 Å². The number of carbonyl (C=O) groups excluding carboxylic acids is 1. The summed E-state index contributed by atoms with van der Waals surface area (Å²) in [4.78, 5) is 15.1. The van der Waals surface area contributed by atoms with Gasteiger partial charge in [0.05, 0.1) is 23.6 Å². The molecule has 0 radical (unpaired) electrons. The van der Waals surface area contributed by atoms with Gasteiger partial charge < -0.3 is 10.0 Å². The van der Waals surface area contributed by atoms with Gasteiger partial charge >= 0.3 is 0 Å². The van der Waals surface area contributed by atoms with Crippen LogP contribution in [0.3, 0.4) is 0 Å². The van der Waals surface area contributed by atoms with E-state index in [0.717, 1.165) is 30.5 Å². The summed E-state index contributed by atoms with van der Waals surface area (Å²) in [5, 5.41) is 10.1. The van der Waals surface area contributed by atoms with E-state index in [2.05, 4.69) is 0 Å². The third-order valence-corrected chi connectivity index (χ3v) is 8.63. The molecule has 0 spiro atoms. The minimum atomic E-state index is -3.76. The minimum absolute atomic E-state index is 0.0347. The molecule has 1 saturated carbocycles. The highest BCUT2D eigenvalue weighted by Gasteiger charge is 2.58. The van der Waals surface area contributed by atoms with Gasteiger partial charge in [0, 0.05) is 24.1 Å². The first-order valence-corrected chi connectivity index (χ1v) is 11.6. The van der Waals surface area contributed by atoms with E-state index >= 15 is 0 Å². The van der Waals surface area contributed by atoms with E-state index in [0.29, 0.717) is 6.54 Å². The van der Waals surface area contributed by atoms with E-state index in [1.165, 1.54) is 4.31 Å². The number of fused-ring (bicyclic) bond motifs is 3. The fraction of sp³-hybridized carbons (Fsp3) is 0.409. The molecule has 2 aliphatic heterocycles. The second kappa shape index (κ2) is 6.93. The van der Waals surface area contributed by atoms with E-state index in [1.54, 1.807) is 35.2 Å². The van der Waals surface area contributed by atoms with Crippen LogP contribution in [0.2, 0.25) is 0 Å². The van der Waals surface area contributed by atoms with Crippen LogP contribution in [0.15, 0.2) is 59.5 Å². The fourth-order valence-corrected chi connectivity index (χ4v) is 6.83. The Morgan fingerprint density at radius 1 is 1.03 bits per heavy atom. The second-order valence-corrected chi connectivity index (χ2v) is 9.97. The Labute approximate surface area is 170 Å². The third-order valence-electron chi connectivity index (χ3n) is 6.67. The largest absolute Gasteiger partial charge is 0.395 e. The number of anilines is 1. The molecule has 3 atom stereocenters. The molecular formula is C22H24N2O4S. The van der Waals surface area contributed by atoms with Crippen molar-refractivity contribution >= 4 is 21.6 Å². The van der Waals surface area contributed by atoms with E-state index in [9.17, 15) is 18.3 Å². The van der Waals surface area contributed by atoms with Crippen LogP contribution in [0, 0.1) is 5.92 Å². The zero-order valence-corrected chi connectivity index (χ0v) is 16.8. The SMILES string of the molecule is O=C(C1CCC1)N1C[C@@H]2[C@H](c3ccccc31)[C@H](CO)N2S(=O)(=O)c1ccccc1. The van der Waals surface area contributed by atoms with Crippen molar-refractivity contribution in [2.75, 3.05) is 18.1 Å². The normalized spacial score (nSPS) is 26.8. The molecule has 152 valence electrons. The molecule has 29 heavy (non-hydrogen) atoms. The maximum absolute atomic E-state index is 13.3. The molecule has 0 unspecified atom stereocenters. The molecule has 0 aromatic heterocycles. The monoisotopic (exact) mass is 412 g/mol. The number of carbonyl (C=O) groups is 1. The van der Waals surface area contributed by atoms with Crippen molar-refractivity contribution in [1.29, 1.82) is 0 Å². The van der Waals surface area contributed by atoms with E-state index in [-0.39, 0.29) is 35.3 Å². The Kier molecular flexibility index (Phi) is 4.49. The van der Waals surface area contributed by atoms with Crippen LogP contribution >= 0.6 is 0 Å². The number of benzene rings is 2. The molecule has 1 N–H and O–H groups in total.